The number of hydrogen-bond donors (Lipinski definition) is 1. The molecule has 1 aromatic carbocycles. The minimum absolute atomic E-state index is 0.0297. The molecule has 3 rings (SSSR count). The minimum atomic E-state index is 0.0297. The SMILES string of the molecule is Cc1nn(C)c(C)c1NC(=O)CN1CCSCC1c1ccccc1. The van der Waals surface area contributed by atoms with E-state index < -0.39 is 0 Å². The van der Waals surface area contributed by atoms with Gasteiger partial charge in [0.15, 0.2) is 0 Å². The first kappa shape index (κ1) is 17.0. The highest BCUT2D eigenvalue weighted by Gasteiger charge is 2.26. The van der Waals surface area contributed by atoms with Crippen molar-refractivity contribution in [3.8, 4) is 0 Å². The number of thioether (sulfide) groups is 1. The van der Waals surface area contributed by atoms with Gasteiger partial charge in [-0.25, -0.2) is 0 Å². The summed E-state index contributed by atoms with van der Waals surface area (Å²) in [7, 11) is 1.89. The van der Waals surface area contributed by atoms with E-state index in [1.54, 1.807) is 4.68 Å². The van der Waals surface area contributed by atoms with E-state index in [-0.39, 0.29) is 5.91 Å². The van der Waals surface area contributed by atoms with Crippen molar-refractivity contribution in [3.63, 3.8) is 0 Å². The van der Waals surface area contributed by atoms with Gasteiger partial charge in [0.1, 0.15) is 0 Å². The Morgan fingerprint density at radius 1 is 1.33 bits per heavy atom. The predicted octanol–water partition coefficient (Wildman–Crippen LogP) is 2.77. The van der Waals surface area contributed by atoms with Gasteiger partial charge in [0.05, 0.1) is 23.6 Å². The second kappa shape index (κ2) is 7.40. The number of aryl methyl sites for hydroxylation is 2. The summed E-state index contributed by atoms with van der Waals surface area (Å²) in [6.07, 6.45) is 0. The lowest BCUT2D eigenvalue weighted by Crippen LogP contribution is -2.41. The number of carbonyl (C=O) groups is 1. The van der Waals surface area contributed by atoms with E-state index in [1.807, 2.05) is 38.7 Å². The van der Waals surface area contributed by atoms with Crippen molar-refractivity contribution in [2.45, 2.75) is 19.9 Å². The smallest absolute Gasteiger partial charge is 0.238 e. The molecule has 1 aliphatic heterocycles. The van der Waals surface area contributed by atoms with Crippen LogP contribution in [0.2, 0.25) is 0 Å². The van der Waals surface area contributed by atoms with E-state index in [4.69, 9.17) is 0 Å². The minimum Gasteiger partial charge on any atom is -0.322 e. The molecule has 2 aromatic rings. The highest BCUT2D eigenvalue weighted by molar-refractivity contribution is 7.99. The topological polar surface area (TPSA) is 50.2 Å². The van der Waals surface area contributed by atoms with Crippen LogP contribution in [-0.2, 0) is 11.8 Å². The van der Waals surface area contributed by atoms with Crippen molar-refractivity contribution in [2.75, 3.05) is 29.9 Å². The largest absolute Gasteiger partial charge is 0.322 e. The highest BCUT2D eigenvalue weighted by atomic mass is 32.2. The van der Waals surface area contributed by atoms with E-state index in [2.05, 4.69) is 39.6 Å². The second-order valence-electron chi connectivity index (χ2n) is 6.19. The number of anilines is 1. The van der Waals surface area contributed by atoms with Crippen molar-refractivity contribution in [1.29, 1.82) is 0 Å². The first-order valence-electron chi connectivity index (χ1n) is 8.23. The van der Waals surface area contributed by atoms with Crippen molar-refractivity contribution in [2.24, 2.45) is 7.05 Å². The van der Waals surface area contributed by atoms with Gasteiger partial charge in [-0.05, 0) is 19.4 Å². The first-order valence-corrected chi connectivity index (χ1v) is 9.38. The van der Waals surface area contributed by atoms with E-state index in [1.165, 1.54) is 5.56 Å². The summed E-state index contributed by atoms with van der Waals surface area (Å²) in [5.74, 6) is 2.13. The highest BCUT2D eigenvalue weighted by Crippen LogP contribution is 2.29. The zero-order chi connectivity index (χ0) is 17.1. The number of rotatable bonds is 4. The molecular formula is C18H24N4OS. The molecule has 128 valence electrons. The number of carbonyl (C=O) groups excluding carboxylic acids is 1. The lowest BCUT2D eigenvalue weighted by atomic mass is 10.1. The van der Waals surface area contributed by atoms with Gasteiger partial charge in [-0.3, -0.25) is 14.4 Å². The van der Waals surface area contributed by atoms with Gasteiger partial charge in [-0.2, -0.15) is 16.9 Å². The number of benzene rings is 1. The van der Waals surface area contributed by atoms with Crippen LogP contribution in [0.3, 0.4) is 0 Å². The Labute approximate surface area is 147 Å². The Morgan fingerprint density at radius 2 is 2.08 bits per heavy atom. The molecule has 2 heterocycles. The van der Waals surface area contributed by atoms with Crippen LogP contribution < -0.4 is 5.32 Å². The van der Waals surface area contributed by atoms with Gasteiger partial charge < -0.3 is 5.32 Å². The summed E-state index contributed by atoms with van der Waals surface area (Å²) in [6, 6.07) is 10.8. The molecule has 1 aliphatic rings. The average molecular weight is 344 g/mol. The van der Waals surface area contributed by atoms with E-state index in [0.717, 1.165) is 35.1 Å². The van der Waals surface area contributed by atoms with Crippen LogP contribution in [0.1, 0.15) is 23.0 Å². The number of aromatic nitrogens is 2. The van der Waals surface area contributed by atoms with Gasteiger partial charge in [0, 0.05) is 31.1 Å². The van der Waals surface area contributed by atoms with Gasteiger partial charge in [0.2, 0.25) is 5.91 Å². The van der Waals surface area contributed by atoms with Crippen molar-refractivity contribution >= 4 is 23.4 Å². The normalized spacial score (nSPS) is 18.5. The lowest BCUT2D eigenvalue weighted by Gasteiger charge is -2.35. The van der Waals surface area contributed by atoms with Crippen LogP contribution in [0.4, 0.5) is 5.69 Å². The second-order valence-corrected chi connectivity index (χ2v) is 7.34. The Morgan fingerprint density at radius 3 is 2.75 bits per heavy atom. The third kappa shape index (κ3) is 3.65. The molecule has 1 fully saturated rings. The fraction of sp³-hybridized carbons (Fsp3) is 0.444. The molecule has 0 saturated carbocycles. The molecule has 1 amide bonds. The molecule has 1 atom stereocenters. The van der Waals surface area contributed by atoms with Gasteiger partial charge in [0.25, 0.3) is 0 Å². The van der Waals surface area contributed by atoms with Crippen molar-refractivity contribution < 1.29 is 4.79 Å². The summed E-state index contributed by atoms with van der Waals surface area (Å²) in [6.45, 7) is 5.24. The Bertz CT molecular complexity index is 713. The third-order valence-corrected chi connectivity index (χ3v) is 5.57. The molecule has 1 saturated heterocycles. The zero-order valence-electron chi connectivity index (χ0n) is 14.5. The van der Waals surface area contributed by atoms with Gasteiger partial charge in [-0.15, -0.1) is 0 Å². The van der Waals surface area contributed by atoms with Crippen LogP contribution in [-0.4, -0.2) is 45.2 Å². The van der Waals surface area contributed by atoms with Crippen molar-refractivity contribution in [1.82, 2.24) is 14.7 Å². The molecule has 1 unspecified atom stereocenters. The van der Waals surface area contributed by atoms with E-state index in [0.29, 0.717) is 12.6 Å². The van der Waals surface area contributed by atoms with Crippen LogP contribution in [0.25, 0.3) is 0 Å². The number of hydrogen-bond acceptors (Lipinski definition) is 4. The summed E-state index contributed by atoms with van der Waals surface area (Å²) < 4.78 is 1.80. The van der Waals surface area contributed by atoms with Crippen LogP contribution in [0, 0.1) is 13.8 Å². The average Bonchev–Trinajstić information content (AvgIpc) is 2.82. The third-order valence-electron chi connectivity index (χ3n) is 4.54. The monoisotopic (exact) mass is 344 g/mol. The number of nitrogens with zero attached hydrogens (tertiary/aromatic N) is 3. The summed E-state index contributed by atoms with van der Waals surface area (Å²) in [5.41, 5.74) is 3.96. The quantitative estimate of drug-likeness (QED) is 0.927. The molecule has 5 nitrogen and oxygen atoms in total. The molecule has 1 aromatic heterocycles. The van der Waals surface area contributed by atoms with E-state index >= 15 is 0 Å². The number of nitrogens with one attached hydrogen (secondary N) is 1. The number of amides is 1. The maximum Gasteiger partial charge on any atom is 0.238 e. The summed E-state index contributed by atoms with van der Waals surface area (Å²) in [4.78, 5) is 14.9. The van der Waals surface area contributed by atoms with Gasteiger partial charge in [-0.1, -0.05) is 30.3 Å². The molecular weight excluding hydrogens is 320 g/mol. The van der Waals surface area contributed by atoms with E-state index in [9.17, 15) is 4.79 Å². The molecule has 0 bridgehead atoms. The van der Waals surface area contributed by atoms with Crippen LogP contribution >= 0.6 is 11.8 Å². The van der Waals surface area contributed by atoms with Gasteiger partial charge >= 0.3 is 0 Å². The molecule has 24 heavy (non-hydrogen) atoms. The fourth-order valence-corrected chi connectivity index (χ4v) is 4.28. The molecule has 0 aliphatic carbocycles. The predicted molar refractivity (Wildman–Crippen MR) is 99.4 cm³/mol. The maximum atomic E-state index is 12.6. The summed E-state index contributed by atoms with van der Waals surface area (Å²) >= 11 is 1.95. The standard InChI is InChI=1S/C18H24N4OS/c1-13-18(14(2)21(3)20-13)19-17(23)11-22-9-10-24-12-16(22)15-7-5-4-6-8-15/h4-8,16H,9-12H2,1-3H3,(H,19,23). The maximum absolute atomic E-state index is 12.6. The fourth-order valence-electron chi connectivity index (χ4n) is 3.13. The Balaban J connectivity index is 1.70. The molecule has 0 radical (unpaired) electrons. The molecule has 1 N–H and O–H groups in total. The van der Waals surface area contributed by atoms with Crippen LogP contribution in [0.15, 0.2) is 30.3 Å². The van der Waals surface area contributed by atoms with Crippen molar-refractivity contribution in [3.05, 3.63) is 47.3 Å². The Kier molecular flexibility index (Phi) is 5.26. The Hall–Kier alpha value is -1.79. The molecule has 0 spiro atoms. The molecule has 6 heteroatoms. The van der Waals surface area contributed by atoms with Crippen LogP contribution in [0.5, 0.6) is 0 Å². The summed E-state index contributed by atoms with van der Waals surface area (Å²) in [5, 5.41) is 7.41. The zero-order valence-corrected chi connectivity index (χ0v) is 15.3. The first-order chi connectivity index (χ1) is 11.6. The lowest BCUT2D eigenvalue weighted by molar-refractivity contribution is -0.117.